The van der Waals surface area contributed by atoms with Crippen LogP contribution in [0.4, 0.5) is 4.39 Å². The topological polar surface area (TPSA) is 69.7 Å². The third-order valence-corrected chi connectivity index (χ3v) is 6.95. The summed E-state index contributed by atoms with van der Waals surface area (Å²) in [5.74, 6) is -0.852. The Morgan fingerprint density at radius 2 is 1.85 bits per heavy atom. The van der Waals surface area contributed by atoms with E-state index in [-0.39, 0.29) is 23.3 Å². The van der Waals surface area contributed by atoms with E-state index in [1.807, 2.05) is 5.01 Å². The number of carbonyl (C=O) groups is 1. The Labute approximate surface area is 154 Å². The highest BCUT2D eigenvalue weighted by Gasteiger charge is 2.32. The van der Waals surface area contributed by atoms with Crippen LogP contribution in [0.2, 0.25) is 0 Å². The maximum atomic E-state index is 13.9. The third kappa shape index (κ3) is 4.61. The molecule has 144 valence electrons. The summed E-state index contributed by atoms with van der Waals surface area (Å²) in [5, 5.41) is 1.95. The van der Waals surface area contributed by atoms with Crippen LogP contribution in [0.15, 0.2) is 29.2 Å². The highest BCUT2D eigenvalue weighted by Crippen LogP contribution is 2.26. The molecule has 6 nitrogen and oxygen atoms in total. The summed E-state index contributed by atoms with van der Waals surface area (Å²) in [6, 6.07) is 5.43. The Hall–Kier alpha value is -1.51. The van der Waals surface area contributed by atoms with Crippen molar-refractivity contribution in [3.63, 3.8) is 0 Å². The van der Waals surface area contributed by atoms with E-state index < -0.39 is 15.8 Å². The molecule has 0 radical (unpaired) electrons. The number of sulfonamides is 1. The molecule has 3 rings (SSSR count). The van der Waals surface area contributed by atoms with Crippen molar-refractivity contribution in [1.29, 1.82) is 0 Å². The van der Waals surface area contributed by atoms with Gasteiger partial charge >= 0.3 is 0 Å². The molecule has 0 saturated carbocycles. The fourth-order valence-corrected chi connectivity index (χ4v) is 5.31. The first-order valence-corrected chi connectivity index (χ1v) is 10.7. The molecule has 1 atom stereocenters. The van der Waals surface area contributed by atoms with E-state index in [9.17, 15) is 17.6 Å². The van der Waals surface area contributed by atoms with E-state index >= 15 is 0 Å². The predicted molar refractivity (Wildman–Crippen MR) is 96.1 cm³/mol. The number of amides is 1. The molecule has 0 bridgehead atoms. The lowest BCUT2D eigenvalue weighted by atomic mass is 9.96. The summed E-state index contributed by atoms with van der Waals surface area (Å²) in [4.78, 5) is 12.0. The van der Waals surface area contributed by atoms with E-state index in [2.05, 4.69) is 5.43 Å². The van der Waals surface area contributed by atoms with E-state index in [1.165, 1.54) is 28.9 Å². The van der Waals surface area contributed by atoms with Gasteiger partial charge in [-0.3, -0.25) is 10.2 Å². The minimum atomic E-state index is -3.87. The number of benzene rings is 1. The predicted octanol–water partition coefficient (Wildman–Crippen LogP) is 2.13. The van der Waals surface area contributed by atoms with Crippen LogP contribution < -0.4 is 5.43 Å². The molecule has 0 spiro atoms. The Balaban J connectivity index is 1.60. The van der Waals surface area contributed by atoms with Crippen molar-refractivity contribution in [1.82, 2.24) is 14.7 Å². The van der Waals surface area contributed by atoms with Crippen LogP contribution in [-0.2, 0) is 14.8 Å². The Morgan fingerprint density at radius 1 is 1.12 bits per heavy atom. The lowest BCUT2D eigenvalue weighted by Crippen LogP contribution is -2.47. The van der Waals surface area contributed by atoms with Crippen LogP contribution >= 0.6 is 0 Å². The van der Waals surface area contributed by atoms with Crippen LogP contribution in [0.5, 0.6) is 0 Å². The van der Waals surface area contributed by atoms with Gasteiger partial charge in [-0.2, -0.15) is 4.31 Å². The third-order valence-electron chi connectivity index (χ3n) is 5.05. The molecule has 1 amide bonds. The first-order valence-electron chi connectivity index (χ1n) is 9.26. The number of nitrogens with zero attached hydrogens (tertiary/aromatic N) is 2. The molecule has 1 aromatic carbocycles. The highest BCUT2D eigenvalue weighted by molar-refractivity contribution is 7.89. The van der Waals surface area contributed by atoms with E-state index in [0.29, 0.717) is 19.4 Å². The molecule has 2 fully saturated rings. The maximum Gasteiger partial charge on any atom is 0.245 e. The van der Waals surface area contributed by atoms with Gasteiger partial charge in [-0.05, 0) is 43.7 Å². The number of hydrogen-bond donors (Lipinski definition) is 1. The van der Waals surface area contributed by atoms with Crippen LogP contribution in [0, 0.1) is 11.7 Å². The molecule has 0 aromatic heterocycles. The van der Waals surface area contributed by atoms with Crippen LogP contribution in [0.25, 0.3) is 0 Å². The van der Waals surface area contributed by atoms with Crippen LogP contribution in [-0.4, -0.2) is 49.8 Å². The van der Waals surface area contributed by atoms with Gasteiger partial charge in [0.1, 0.15) is 10.7 Å². The number of rotatable bonds is 5. The van der Waals surface area contributed by atoms with Crippen molar-refractivity contribution in [2.24, 2.45) is 5.92 Å². The summed E-state index contributed by atoms with van der Waals surface area (Å²) in [6.45, 7) is 2.35. The SMILES string of the molecule is O=C(CC1CCCN(S(=O)(=O)c2ccccc2F)C1)NN1CCCCC1. The largest absolute Gasteiger partial charge is 0.289 e. The van der Waals surface area contributed by atoms with Crippen molar-refractivity contribution in [3.8, 4) is 0 Å². The second-order valence-corrected chi connectivity index (χ2v) is 8.99. The average Bonchev–Trinajstić information content (AvgIpc) is 2.63. The number of carbonyl (C=O) groups excluding carboxylic acids is 1. The van der Waals surface area contributed by atoms with Gasteiger partial charge in [0, 0.05) is 32.6 Å². The summed E-state index contributed by atoms with van der Waals surface area (Å²) >= 11 is 0. The van der Waals surface area contributed by atoms with Gasteiger partial charge in [0.2, 0.25) is 15.9 Å². The molecule has 8 heteroatoms. The summed E-state index contributed by atoms with van der Waals surface area (Å²) in [5.41, 5.74) is 2.93. The maximum absolute atomic E-state index is 13.9. The van der Waals surface area contributed by atoms with Crippen molar-refractivity contribution in [2.45, 2.75) is 43.4 Å². The second-order valence-electron chi connectivity index (χ2n) is 7.09. The van der Waals surface area contributed by atoms with Gasteiger partial charge in [0.05, 0.1) is 0 Å². The summed E-state index contributed by atoms with van der Waals surface area (Å²) < 4.78 is 40.7. The summed E-state index contributed by atoms with van der Waals surface area (Å²) in [7, 11) is -3.87. The van der Waals surface area contributed by atoms with Gasteiger partial charge < -0.3 is 0 Å². The van der Waals surface area contributed by atoms with Crippen molar-refractivity contribution >= 4 is 15.9 Å². The molecule has 1 unspecified atom stereocenters. The number of hydrazine groups is 1. The standard InChI is InChI=1S/C18H26FN3O3S/c19-16-8-2-3-9-17(16)26(24,25)22-12-6-7-15(14-22)13-18(23)20-21-10-4-1-5-11-21/h2-3,8-9,15H,1,4-7,10-14H2,(H,20,23). The monoisotopic (exact) mass is 383 g/mol. The molecule has 2 saturated heterocycles. The molecule has 1 aromatic rings. The minimum Gasteiger partial charge on any atom is -0.289 e. The van der Waals surface area contributed by atoms with Crippen LogP contribution in [0.1, 0.15) is 38.5 Å². The van der Waals surface area contributed by atoms with Gasteiger partial charge in [0.25, 0.3) is 0 Å². The zero-order valence-electron chi connectivity index (χ0n) is 14.9. The van der Waals surface area contributed by atoms with Crippen molar-refractivity contribution < 1.29 is 17.6 Å². The molecule has 2 aliphatic rings. The van der Waals surface area contributed by atoms with Gasteiger partial charge in [-0.15, -0.1) is 0 Å². The number of piperidine rings is 2. The van der Waals surface area contributed by atoms with E-state index in [1.54, 1.807) is 0 Å². The van der Waals surface area contributed by atoms with E-state index in [0.717, 1.165) is 38.4 Å². The Kier molecular flexibility index (Phi) is 6.26. The zero-order chi connectivity index (χ0) is 18.6. The fourth-order valence-electron chi connectivity index (χ4n) is 3.69. The van der Waals surface area contributed by atoms with Gasteiger partial charge in [-0.25, -0.2) is 17.8 Å². The molecule has 0 aliphatic carbocycles. The van der Waals surface area contributed by atoms with E-state index in [4.69, 9.17) is 0 Å². The van der Waals surface area contributed by atoms with Gasteiger partial charge in [0.15, 0.2) is 0 Å². The Bertz CT molecular complexity index is 735. The molecular weight excluding hydrogens is 357 g/mol. The molecule has 26 heavy (non-hydrogen) atoms. The summed E-state index contributed by atoms with van der Waals surface area (Å²) in [6.07, 6.45) is 5.13. The lowest BCUT2D eigenvalue weighted by molar-refractivity contribution is -0.127. The number of hydrogen-bond acceptors (Lipinski definition) is 4. The molecule has 1 N–H and O–H groups in total. The van der Waals surface area contributed by atoms with Gasteiger partial charge in [-0.1, -0.05) is 18.6 Å². The smallest absolute Gasteiger partial charge is 0.245 e. The van der Waals surface area contributed by atoms with Crippen molar-refractivity contribution in [2.75, 3.05) is 26.2 Å². The molecule has 2 heterocycles. The first kappa shape index (κ1) is 19.3. The van der Waals surface area contributed by atoms with Crippen molar-refractivity contribution in [3.05, 3.63) is 30.1 Å². The zero-order valence-corrected chi connectivity index (χ0v) is 15.7. The highest BCUT2D eigenvalue weighted by atomic mass is 32.2. The number of nitrogens with one attached hydrogen (secondary N) is 1. The first-order chi connectivity index (χ1) is 12.5. The second kappa shape index (κ2) is 8.45. The molecule has 2 aliphatic heterocycles. The Morgan fingerprint density at radius 3 is 2.58 bits per heavy atom. The quantitative estimate of drug-likeness (QED) is 0.846. The average molecular weight is 383 g/mol. The molecular formula is C18H26FN3O3S. The lowest BCUT2D eigenvalue weighted by Gasteiger charge is -2.32. The van der Waals surface area contributed by atoms with Crippen LogP contribution in [0.3, 0.4) is 0 Å². The number of halogens is 1. The fraction of sp³-hybridized carbons (Fsp3) is 0.611. The minimum absolute atomic E-state index is 0.0462. The normalized spacial score (nSPS) is 22.9.